The lowest BCUT2D eigenvalue weighted by atomic mass is 9.93. The van der Waals surface area contributed by atoms with Gasteiger partial charge in [-0.1, -0.05) is 195 Å². The van der Waals surface area contributed by atoms with Crippen molar-refractivity contribution >= 4 is 0 Å². The largest absolute Gasteiger partial charge is 0.0654 e. The summed E-state index contributed by atoms with van der Waals surface area (Å²) in [4.78, 5) is 0. The Bertz CT molecular complexity index is 320. The molecule has 0 saturated heterocycles. The van der Waals surface area contributed by atoms with E-state index in [4.69, 9.17) is 0 Å². The van der Waals surface area contributed by atoms with E-state index >= 15 is 0 Å². The molecule has 2 atom stereocenters. The van der Waals surface area contributed by atoms with Crippen LogP contribution in [0, 0.1) is 11.8 Å². The Morgan fingerprint density at radius 2 is 0.469 bits per heavy atom. The van der Waals surface area contributed by atoms with Crippen molar-refractivity contribution in [2.75, 3.05) is 0 Å². The Hall–Kier alpha value is 0. The van der Waals surface area contributed by atoms with Crippen LogP contribution in [0.3, 0.4) is 0 Å². The second kappa shape index (κ2) is 27.2. The number of hydrogen-bond donors (Lipinski definition) is 0. The van der Waals surface area contributed by atoms with Crippen molar-refractivity contribution < 1.29 is 0 Å². The topological polar surface area (TPSA) is 0 Å². The summed E-state index contributed by atoms with van der Waals surface area (Å²) < 4.78 is 0. The van der Waals surface area contributed by atoms with Gasteiger partial charge in [-0.3, -0.25) is 0 Å². The maximum Gasteiger partial charge on any atom is -0.0443 e. The predicted molar refractivity (Wildman–Crippen MR) is 150 cm³/mol. The third kappa shape index (κ3) is 26.3. The summed E-state index contributed by atoms with van der Waals surface area (Å²) in [5, 5.41) is 0. The van der Waals surface area contributed by atoms with Gasteiger partial charge in [0, 0.05) is 0 Å². The highest BCUT2D eigenvalue weighted by Gasteiger charge is 2.05. The summed E-state index contributed by atoms with van der Waals surface area (Å²) in [6, 6.07) is 0. The van der Waals surface area contributed by atoms with Gasteiger partial charge in [0.05, 0.1) is 0 Å². The SMILES string of the molecule is CCCCCCCCCCCCCCCCC(C)CCCCC(C)CCCCCCCC. The Morgan fingerprint density at radius 3 is 0.719 bits per heavy atom. The van der Waals surface area contributed by atoms with Crippen LogP contribution >= 0.6 is 0 Å². The molecule has 0 aliphatic heterocycles. The first kappa shape index (κ1) is 32.0. The van der Waals surface area contributed by atoms with Crippen LogP contribution in [-0.2, 0) is 0 Å². The van der Waals surface area contributed by atoms with E-state index < -0.39 is 0 Å². The zero-order chi connectivity index (χ0) is 23.5. The average Bonchev–Trinajstić information content (AvgIpc) is 2.79. The minimum Gasteiger partial charge on any atom is -0.0654 e. The summed E-state index contributed by atoms with van der Waals surface area (Å²) in [5.74, 6) is 1.92. The predicted octanol–water partition coefficient (Wildman–Crippen LogP) is 12.4. The van der Waals surface area contributed by atoms with E-state index in [1.165, 1.54) is 167 Å². The van der Waals surface area contributed by atoms with E-state index in [2.05, 4.69) is 27.7 Å². The third-order valence-electron chi connectivity index (χ3n) is 7.74. The molecule has 0 aromatic rings. The average molecular weight is 451 g/mol. The molecule has 0 nitrogen and oxygen atoms in total. The highest BCUT2D eigenvalue weighted by Crippen LogP contribution is 2.21. The van der Waals surface area contributed by atoms with E-state index in [1.54, 1.807) is 0 Å². The van der Waals surface area contributed by atoms with Gasteiger partial charge < -0.3 is 0 Å². The highest BCUT2D eigenvalue weighted by atomic mass is 14.1. The van der Waals surface area contributed by atoms with Gasteiger partial charge in [-0.15, -0.1) is 0 Å². The minimum absolute atomic E-state index is 0.959. The van der Waals surface area contributed by atoms with Gasteiger partial charge in [0.25, 0.3) is 0 Å². The summed E-state index contributed by atoms with van der Waals surface area (Å²) in [5.41, 5.74) is 0. The fraction of sp³-hybridized carbons (Fsp3) is 1.00. The van der Waals surface area contributed by atoms with Crippen LogP contribution in [-0.4, -0.2) is 0 Å². The summed E-state index contributed by atoms with van der Waals surface area (Å²) in [6.07, 6.45) is 38.1. The van der Waals surface area contributed by atoms with Crippen molar-refractivity contribution in [2.24, 2.45) is 11.8 Å². The van der Waals surface area contributed by atoms with Crippen LogP contribution in [0.1, 0.15) is 195 Å². The molecule has 32 heavy (non-hydrogen) atoms. The second-order valence-corrected chi connectivity index (χ2v) is 11.4. The lowest BCUT2D eigenvalue weighted by Gasteiger charge is -2.13. The zero-order valence-electron chi connectivity index (χ0n) is 23.5. The van der Waals surface area contributed by atoms with Crippen molar-refractivity contribution in [3.63, 3.8) is 0 Å². The fourth-order valence-electron chi connectivity index (χ4n) is 5.23. The smallest absolute Gasteiger partial charge is 0.0443 e. The Balaban J connectivity index is 3.24. The van der Waals surface area contributed by atoms with Crippen LogP contribution in [0.5, 0.6) is 0 Å². The Kier molecular flexibility index (Phi) is 27.2. The molecule has 2 unspecified atom stereocenters. The van der Waals surface area contributed by atoms with Crippen molar-refractivity contribution in [3.05, 3.63) is 0 Å². The van der Waals surface area contributed by atoms with E-state index in [0.717, 1.165) is 11.8 Å². The van der Waals surface area contributed by atoms with Gasteiger partial charge in [0.2, 0.25) is 0 Å². The molecule has 0 bridgehead atoms. The molecule has 0 spiro atoms. The van der Waals surface area contributed by atoms with Gasteiger partial charge >= 0.3 is 0 Å². The van der Waals surface area contributed by atoms with Crippen LogP contribution in [0.15, 0.2) is 0 Å². The third-order valence-corrected chi connectivity index (χ3v) is 7.74. The van der Waals surface area contributed by atoms with Crippen molar-refractivity contribution in [3.8, 4) is 0 Å². The molecule has 0 amide bonds. The van der Waals surface area contributed by atoms with E-state index in [1.807, 2.05) is 0 Å². The zero-order valence-corrected chi connectivity index (χ0v) is 23.5. The van der Waals surface area contributed by atoms with Crippen molar-refractivity contribution in [2.45, 2.75) is 195 Å². The molecular weight excluding hydrogens is 384 g/mol. The molecule has 0 aliphatic rings. The molecule has 0 fully saturated rings. The van der Waals surface area contributed by atoms with Crippen LogP contribution in [0.25, 0.3) is 0 Å². The molecule has 194 valence electrons. The first-order valence-electron chi connectivity index (χ1n) is 15.7. The second-order valence-electron chi connectivity index (χ2n) is 11.4. The molecule has 0 aromatic heterocycles. The van der Waals surface area contributed by atoms with Gasteiger partial charge in [0.15, 0.2) is 0 Å². The molecule has 0 radical (unpaired) electrons. The molecule has 0 aliphatic carbocycles. The van der Waals surface area contributed by atoms with Crippen molar-refractivity contribution in [1.29, 1.82) is 0 Å². The molecule has 0 rings (SSSR count). The minimum atomic E-state index is 0.959. The van der Waals surface area contributed by atoms with Gasteiger partial charge in [-0.05, 0) is 11.8 Å². The fourth-order valence-corrected chi connectivity index (χ4v) is 5.23. The van der Waals surface area contributed by atoms with E-state index in [9.17, 15) is 0 Å². The van der Waals surface area contributed by atoms with Gasteiger partial charge in [-0.25, -0.2) is 0 Å². The lowest BCUT2D eigenvalue weighted by molar-refractivity contribution is 0.400. The molecule has 0 saturated carbocycles. The molecule has 0 heterocycles. The van der Waals surface area contributed by atoms with E-state index in [0.29, 0.717) is 0 Å². The van der Waals surface area contributed by atoms with Gasteiger partial charge in [0.1, 0.15) is 0 Å². The standard InChI is InChI=1S/C32H66/c1-5-7-9-11-13-14-15-16-17-18-19-20-22-24-28-32(4)30-26-25-29-31(3)27-23-21-12-10-8-6-2/h31-32H,5-30H2,1-4H3. The van der Waals surface area contributed by atoms with Crippen LogP contribution in [0.4, 0.5) is 0 Å². The number of unbranched alkanes of at least 4 members (excludes halogenated alkanes) is 19. The van der Waals surface area contributed by atoms with Crippen LogP contribution in [0.2, 0.25) is 0 Å². The summed E-state index contributed by atoms with van der Waals surface area (Å²) in [7, 11) is 0. The lowest BCUT2D eigenvalue weighted by Crippen LogP contribution is -1.98. The maximum absolute atomic E-state index is 2.50. The Labute approximate surface area is 206 Å². The van der Waals surface area contributed by atoms with E-state index in [-0.39, 0.29) is 0 Å². The Morgan fingerprint density at radius 1 is 0.281 bits per heavy atom. The van der Waals surface area contributed by atoms with Gasteiger partial charge in [-0.2, -0.15) is 0 Å². The first-order valence-corrected chi connectivity index (χ1v) is 15.7. The number of hydrogen-bond acceptors (Lipinski definition) is 0. The molecule has 0 heteroatoms. The summed E-state index contributed by atoms with van der Waals surface area (Å²) in [6.45, 7) is 9.61. The quantitative estimate of drug-likeness (QED) is 0.109. The molecular formula is C32H66. The summed E-state index contributed by atoms with van der Waals surface area (Å²) >= 11 is 0. The first-order chi connectivity index (χ1) is 15.7. The maximum atomic E-state index is 2.50. The molecule has 0 aromatic carbocycles. The highest BCUT2D eigenvalue weighted by molar-refractivity contribution is 4.59. The van der Waals surface area contributed by atoms with Crippen molar-refractivity contribution in [1.82, 2.24) is 0 Å². The normalized spacial score (nSPS) is 13.5. The van der Waals surface area contributed by atoms with Crippen LogP contribution < -0.4 is 0 Å². The monoisotopic (exact) mass is 451 g/mol. The molecule has 0 N–H and O–H groups in total. The number of rotatable bonds is 27.